The van der Waals surface area contributed by atoms with Crippen molar-refractivity contribution in [3.05, 3.63) is 75.7 Å². The van der Waals surface area contributed by atoms with E-state index in [1.165, 1.54) is 24.3 Å². The minimum atomic E-state index is -3.97. The van der Waals surface area contributed by atoms with Gasteiger partial charge in [-0.05, 0) is 54.6 Å². The number of benzene rings is 3. The summed E-state index contributed by atoms with van der Waals surface area (Å²) in [6, 6.07) is 15.2. The fraction of sp³-hybridized carbons (Fsp3) is 0.174. The Morgan fingerprint density at radius 2 is 1.48 bits per heavy atom. The zero-order valence-corrected chi connectivity index (χ0v) is 21.0. The van der Waals surface area contributed by atoms with Crippen LogP contribution >= 0.6 is 34.8 Å². The lowest BCUT2D eigenvalue weighted by molar-refractivity contribution is -0.123. The standard InChI is InChI=1S/C23H21Cl3N2O4S/c1-23(2,3)22(29)27-15-5-7-16(8-6-15)28-33(30,31)21-11-9-17(13-19(21)26)32-20-10-4-14(24)12-18(20)25/h4-13,28H,1-3H3,(H,27,29). The highest BCUT2D eigenvalue weighted by atomic mass is 35.5. The summed E-state index contributed by atoms with van der Waals surface area (Å²) in [4.78, 5) is 12.0. The Morgan fingerprint density at radius 1 is 0.848 bits per heavy atom. The van der Waals surface area contributed by atoms with Crippen LogP contribution in [0.2, 0.25) is 15.1 Å². The maximum absolute atomic E-state index is 12.8. The molecule has 0 atom stereocenters. The number of carbonyl (C=O) groups is 1. The van der Waals surface area contributed by atoms with Crippen molar-refractivity contribution in [2.24, 2.45) is 5.41 Å². The van der Waals surface area contributed by atoms with Crippen LogP contribution in [0.5, 0.6) is 11.5 Å². The summed E-state index contributed by atoms with van der Waals surface area (Å²) in [6.45, 7) is 5.40. The van der Waals surface area contributed by atoms with Crippen molar-refractivity contribution >= 4 is 62.1 Å². The lowest BCUT2D eigenvalue weighted by Gasteiger charge is -2.18. The van der Waals surface area contributed by atoms with Gasteiger partial charge in [-0.2, -0.15) is 0 Å². The molecule has 0 saturated heterocycles. The molecule has 0 bridgehead atoms. The normalized spacial score (nSPS) is 11.7. The van der Waals surface area contributed by atoms with Gasteiger partial charge in [-0.1, -0.05) is 55.6 Å². The molecule has 0 aliphatic carbocycles. The summed E-state index contributed by atoms with van der Waals surface area (Å²) >= 11 is 18.2. The molecule has 0 saturated carbocycles. The lowest BCUT2D eigenvalue weighted by Crippen LogP contribution is -2.27. The third-order valence-electron chi connectivity index (χ3n) is 4.39. The lowest BCUT2D eigenvalue weighted by atomic mass is 9.95. The first-order chi connectivity index (χ1) is 15.3. The smallest absolute Gasteiger partial charge is 0.263 e. The number of halogens is 3. The molecular formula is C23H21Cl3N2O4S. The third-order valence-corrected chi connectivity index (χ3v) is 6.79. The molecule has 174 valence electrons. The van der Waals surface area contributed by atoms with Gasteiger partial charge in [0.2, 0.25) is 5.91 Å². The summed E-state index contributed by atoms with van der Waals surface area (Å²) in [6.07, 6.45) is 0. The van der Waals surface area contributed by atoms with Gasteiger partial charge in [0.15, 0.2) is 0 Å². The Kier molecular flexibility index (Phi) is 7.49. The number of amides is 1. The first-order valence-electron chi connectivity index (χ1n) is 9.72. The van der Waals surface area contributed by atoms with Gasteiger partial charge in [0.05, 0.1) is 10.0 Å². The van der Waals surface area contributed by atoms with Crippen LogP contribution in [0.15, 0.2) is 65.6 Å². The van der Waals surface area contributed by atoms with Gasteiger partial charge in [-0.15, -0.1) is 0 Å². The molecule has 0 heterocycles. The maximum Gasteiger partial charge on any atom is 0.263 e. The van der Waals surface area contributed by atoms with Gasteiger partial charge in [-0.25, -0.2) is 8.42 Å². The molecule has 0 aliphatic heterocycles. The van der Waals surface area contributed by atoms with Gasteiger partial charge >= 0.3 is 0 Å². The van der Waals surface area contributed by atoms with E-state index in [0.29, 0.717) is 32.9 Å². The number of carbonyl (C=O) groups excluding carboxylic acids is 1. The molecule has 2 N–H and O–H groups in total. The van der Waals surface area contributed by atoms with Crippen molar-refractivity contribution in [1.29, 1.82) is 0 Å². The van der Waals surface area contributed by atoms with Crippen LogP contribution in [-0.2, 0) is 14.8 Å². The average Bonchev–Trinajstić information content (AvgIpc) is 2.70. The van der Waals surface area contributed by atoms with E-state index in [1.54, 1.807) is 57.2 Å². The van der Waals surface area contributed by atoms with E-state index in [9.17, 15) is 13.2 Å². The minimum absolute atomic E-state index is 0.0286. The molecule has 0 radical (unpaired) electrons. The Bertz CT molecular complexity index is 1290. The molecule has 0 aromatic heterocycles. The predicted molar refractivity (Wildman–Crippen MR) is 133 cm³/mol. The average molecular weight is 528 g/mol. The fourth-order valence-electron chi connectivity index (χ4n) is 2.60. The Hall–Kier alpha value is -2.45. The second kappa shape index (κ2) is 9.81. The van der Waals surface area contributed by atoms with Crippen molar-refractivity contribution in [1.82, 2.24) is 0 Å². The maximum atomic E-state index is 12.8. The van der Waals surface area contributed by atoms with E-state index in [2.05, 4.69) is 10.0 Å². The van der Waals surface area contributed by atoms with Crippen molar-refractivity contribution in [2.45, 2.75) is 25.7 Å². The predicted octanol–water partition coefficient (Wildman–Crippen LogP) is 7.22. The molecule has 10 heteroatoms. The highest BCUT2D eigenvalue weighted by Crippen LogP contribution is 2.34. The highest BCUT2D eigenvalue weighted by Gasteiger charge is 2.22. The van der Waals surface area contributed by atoms with Crippen LogP contribution < -0.4 is 14.8 Å². The van der Waals surface area contributed by atoms with Crippen molar-refractivity contribution in [2.75, 3.05) is 10.0 Å². The minimum Gasteiger partial charge on any atom is -0.456 e. The van der Waals surface area contributed by atoms with Gasteiger partial charge < -0.3 is 10.1 Å². The van der Waals surface area contributed by atoms with Gasteiger partial charge in [0.1, 0.15) is 16.4 Å². The van der Waals surface area contributed by atoms with E-state index in [1.807, 2.05) is 0 Å². The van der Waals surface area contributed by atoms with Crippen LogP contribution in [0.3, 0.4) is 0 Å². The SMILES string of the molecule is CC(C)(C)C(=O)Nc1ccc(NS(=O)(=O)c2ccc(Oc3ccc(Cl)cc3Cl)cc2Cl)cc1. The summed E-state index contributed by atoms with van der Waals surface area (Å²) in [5.74, 6) is 0.511. The zero-order chi connectivity index (χ0) is 24.4. The van der Waals surface area contributed by atoms with Gasteiger partial charge in [0.25, 0.3) is 10.0 Å². The molecule has 3 rings (SSSR count). The number of ether oxygens (including phenoxy) is 1. The van der Waals surface area contributed by atoms with E-state index >= 15 is 0 Å². The van der Waals surface area contributed by atoms with Crippen LogP contribution in [0.1, 0.15) is 20.8 Å². The monoisotopic (exact) mass is 526 g/mol. The number of hydrogen-bond donors (Lipinski definition) is 2. The molecule has 33 heavy (non-hydrogen) atoms. The number of rotatable bonds is 6. The Balaban J connectivity index is 1.74. The van der Waals surface area contributed by atoms with Crippen LogP contribution in [0.25, 0.3) is 0 Å². The fourth-order valence-corrected chi connectivity index (χ4v) is 4.64. The Labute approximate surface area is 207 Å². The van der Waals surface area contributed by atoms with Gasteiger partial charge in [-0.3, -0.25) is 9.52 Å². The van der Waals surface area contributed by atoms with Crippen LogP contribution in [0, 0.1) is 5.41 Å². The summed E-state index contributed by atoms with van der Waals surface area (Å²) in [5.41, 5.74) is 0.317. The molecular weight excluding hydrogens is 507 g/mol. The zero-order valence-electron chi connectivity index (χ0n) is 17.9. The molecule has 0 aliphatic rings. The molecule has 0 fully saturated rings. The van der Waals surface area contributed by atoms with E-state index in [0.717, 1.165) is 0 Å². The Morgan fingerprint density at radius 3 is 2.06 bits per heavy atom. The molecule has 3 aromatic carbocycles. The van der Waals surface area contributed by atoms with E-state index in [-0.39, 0.29) is 15.8 Å². The summed E-state index contributed by atoms with van der Waals surface area (Å²) in [5, 5.41) is 3.51. The van der Waals surface area contributed by atoms with Crippen LogP contribution in [0.4, 0.5) is 11.4 Å². The molecule has 0 spiro atoms. The number of hydrogen-bond acceptors (Lipinski definition) is 4. The molecule has 3 aromatic rings. The topological polar surface area (TPSA) is 84.5 Å². The van der Waals surface area contributed by atoms with Crippen molar-refractivity contribution in [3.63, 3.8) is 0 Å². The molecule has 1 amide bonds. The second-order valence-electron chi connectivity index (χ2n) is 8.16. The van der Waals surface area contributed by atoms with Crippen molar-refractivity contribution in [3.8, 4) is 11.5 Å². The van der Waals surface area contributed by atoms with Crippen LogP contribution in [-0.4, -0.2) is 14.3 Å². The first kappa shape index (κ1) is 25.2. The van der Waals surface area contributed by atoms with Gasteiger partial charge in [0, 0.05) is 27.9 Å². The summed E-state index contributed by atoms with van der Waals surface area (Å²) < 4.78 is 33.8. The quantitative estimate of drug-likeness (QED) is 0.354. The number of nitrogens with one attached hydrogen (secondary N) is 2. The number of sulfonamides is 1. The summed E-state index contributed by atoms with van der Waals surface area (Å²) in [7, 11) is -3.97. The third kappa shape index (κ3) is 6.54. The molecule has 6 nitrogen and oxygen atoms in total. The number of anilines is 2. The van der Waals surface area contributed by atoms with E-state index < -0.39 is 15.4 Å². The molecule has 0 unspecified atom stereocenters. The first-order valence-corrected chi connectivity index (χ1v) is 12.3. The largest absolute Gasteiger partial charge is 0.456 e. The highest BCUT2D eigenvalue weighted by molar-refractivity contribution is 7.92. The second-order valence-corrected chi connectivity index (χ2v) is 11.1. The van der Waals surface area contributed by atoms with Crippen molar-refractivity contribution < 1.29 is 17.9 Å². The van der Waals surface area contributed by atoms with E-state index in [4.69, 9.17) is 39.5 Å².